The number of aromatic hydroxyl groups is 1. The normalized spacial score (nSPS) is 27.4. The molecule has 6 unspecified atom stereocenters. The van der Waals surface area contributed by atoms with Crippen LogP contribution < -0.4 is 19.6 Å². The van der Waals surface area contributed by atoms with Crippen LogP contribution in [0, 0.1) is 23.7 Å². The largest absolute Gasteiger partial charge is 0.502 e. The summed E-state index contributed by atoms with van der Waals surface area (Å²) in [6.45, 7) is 0. The number of imide groups is 2. The minimum Gasteiger partial charge on any atom is -0.502 e. The second-order valence-corrected chi connectivity index (χ2v) is 13.6. The number of anilines is 1. The molecule has 3 aromatic rings. The molecule has 11 nitrogen and oxygen atoms in total. The van der Waals surface area contributed by atoms with E-state index in [2.05, 4.69) is 5.43 Å². The second-order valence-electron chi connectivity index (χ2n) is 12.7. The van der Waals surface area contributed by atoms with Gasteiger partial charge in [0.1, 0.15) is 5.75 Å². The van der Waals surface area contributed by atoms with Crippen molar-refractivity contribution in [1.29, 1.82) is 0 Å². The maximum absolute atomic E-state index is 15.3. The van der Waals surface area contributed by atoms with Gasteiger partial charge in [0.15, 0.2) is 11.5 Å². The fourth-order valence-electron chi connectivity index (χ4n) is 8.46. The molecule has 1 saturated carbocycles. The first-order valence-electron chi connectivity index (χ1n) is 15.7. The monoisotopic (exact) mass is 705 g/mol. The first kappa shape index (κ1) is 32.8. The van der Waals surface area contributed by atoms with Crippen LogP contribution in [0.4, 0.5) is 5.69 Å². The van der Waals surface area contributed by atoms with Crippen LogP contribution in [0.2, 0.25) is 10.0 Å². The Morgan fingerprint density at radius 2 is 1.53 bits per heavy atom. The standard InChI is InChI=1S/C36H33Cl2N3O8/c1-40-32(43)22-11-10-21-23(29(22)34(40)45)16-24-33(44)41(39-26-12-7-19(37)15-25(26)38)35(46)36(24,18-5-8-20(47-2)9-6-18)30(21)17-13-27(48-3)31(42)28(14-17)49-4/h5-10,12-15,22-24,29-30,39,42H,11,16H2,1-4H3. The van der Waals surface area contributed by atoms with E-state index in [-0.39, 0.29) is 52.6 Å². The molecule has 49 heavy (non-hydrogen) atoms. The Morgan fingerprint density at radius 3 is 2.14 bits per heavy atom. The number of carbonyl (C=O) groups excluding carboxylic acids is 4. The van der Waals surface area contributed by atoms with Gasteiger partial charge >= 0.3 is 0 Å². The van der Waals surface area contributed by atoms with Crippen molar-refractivity contribution in [3.05, 3.63) is 87.4 Å². The number of nitrogens with zero attached hydrogens (tertiary/aromatic N) is 2. The summed E-state index contributed by atoms with van der Waals surface area (Å²) in [7, 11) is 5.81. The summed E-state index contributed by atoms with van der Waals surface area (Å²) in [5.41, 5.74) is 3.47. The number of nitrogens with one attached hydrogen (secondary N) is 1. The Kier molecular flexibility index (Phi) is 8.03. The minimum absolute atomic E-state index is 0.0961. The molecule has 4 amide bonds. The van der Waals surface area contributed by atoms with Gasteiger partial charge in [-0.15, -0.1) is 0 Å². The fraction of sp³-hybridized carbons (Fsp3) is 0.333. The molecule has 4 aliphatic rings. The molecule has 13 heteroatoms. The van der Waals surface area contributed by atoms with E-state index in [0.717, 1.165) is 15.5 Å². The molecule has 2 N–H and O–H groups in total. The summed E-state index contributed by atoms with van der Waals surface area (Å²) in [6.07, 6.45) is 2.34. The van der Waals surface area contributed by atoms with Crippen molar-refractivity contribution in [3.63, 3.8) is 0 Å². The average Bonchev–Trinajstić information content (AvgIpc) is 3.45. The molecule has 3 fully saturated rings. The number of likely N-dealkylation sites (tertiary alicyclic amines) is 1. The van der Waals surface area contributed by atoms with Crippen molar-refractivity contribution in [2.45, 2.75) is 24.2 Å². The van der Waals surface area contributed by atoms with Crippen LogP contribution in [0.3, 0.4) is 0 Å². The van der Waals surface area contributed by atoms with Crippen molar-refractivity contribution in [1.82, 2.24) is 9.91 Å². The van der Waals surface area contributed by atoms with Gasteiger partial charge in [-0.25, -0.2) is 0 Å². The highest BCUT2D eigenvalue weighted by atomic mass is 35.5. The van der Waals surface area contributed by atoms with Gasteiger partial charge in [-0.3, -0.25) is 29.5 Å². The molecule has 0 aromatic heterocycles. The molecular formula is C36H33Cl2N3O8. The summed E-state index contributed by atoms with van der Waals surface area (Å²) in [6, 6.07) is 14.9. The van der Waals surface area contributed by atoms with Crippen LogP contribution in [0.1, 0.15) is 29.9 Å². The van der Waals surface area contributed by atoms with E-state index < -0.39 is 46.8 Å². The van der Waals surface area contributed by atoms with Gasteiger partial charge in [0.25, 0.3) is 11.8 Å². The number of methoxy groups -OCH3 is 3. The molecule has 2 heterocycles. The number of carbonyl (C=O) groups is 4. The predicted octanol–water partition coefficient (Wildman–Crippen LogP) is 5.34. The number of phenols is 1. The van der Waals surface area contributed by atoms with Crippen molar-refractivity contribution < 1.29 is 38.5 Å². The van der Waals surface area contributed by atoms with Crippen molar-refractivity contribution >= 4 is 52.5 Å². The minimum atomic E-state index is -1.57. The smallest absolute Gasteiger partial charge is 0.260 e. The summed E-state index contributed by atoms with van der Waals surface area (Å²) >= 11 is 12.6. The van der Waals surface area contributed by atoms with E-state index in [1.807, 2.05) is 6.08 Å². The summed E-state index contributed by atoms with van der Waals surface area (Å²) in [5, 5.41) is 12.5. The lowest BCUT2D eigenvalue weighted by molar-refractivity contribution is -0.140. The third-order valence-electron chi connectivity index (χ3n) is 10.6. The van der Waals surface area contributed by atoms with E-state index in [1.165, 1.54) is 34.4 Å². The van der Waals surface area contributed by atoms with Crippen LogP contribution >= 0.6 is 23.2 Å². The van der Waals surface area contributed by atoms with Gasteiger partial charge in [0.05, 0.1) is 55.2 Å². The highest BCUT2D eigenvalue weighted by Gasteiger charge is 2.70. The Balaban J connectivity index is 1.51. The molecule has 2 aliphatic carbocycles. The number of benzene rings is 3. The molecule has 3 aromatic carbocycles. The lowest BCUT2D eigenvalue weighted by Gasteiger charge is -2.50. The molecule has 0 spiro atoms. The zero-order valence-electron chi connectivity index (χ0n) is 27.0. The van der Waals surface area contributed by atoms with Gasteiger partial charge in [0.2, 0.25) is 17.6 Å². The molecular weight excluding hydrogens is 673 g/mol. The maximum atomic E-state index is 15.3. The topological polar surface area (TPSA) is 135 Å². The zero-order valence-corrected chi connectivity index (χ0v) is 28.5. The van der Waals surface area contributed by atoms with Crippen LogP contribution in [-0.4, -0.2) is 67.0 Å². The number of hydrogen-bond acceptors (Lipinski definition) is 9. The molecule has 7 rings (SSSR count). The number of ether oxygens (including phenoxy) is 3. The highest BCUT2D eigenvalue weighted by molar-refractivity contribution is 6.36. The van der Waals surface area contributed by atoms with E-state index in [0.29, 0.717) is 21.9 Å². The second kappa shape index (κ2) is 12.0. The molecule has 6 atom stereocenters. The lowest BCUT2D eigenvalue weighted by atomic mass is 9.49. The first-order valence-corrected chi connectivity index (χ1v) is 16.4. The van der Waals surface area contributed by atoms with Crippen molar-refractivity contribution in [3.8, 4) is 23.0 Å². The van der Waals surface area contributed by atoms with Crippen LogP contribution in [-0.2, 0) is 24.6 Å². The van der Waals surface area contributed by atoms with Gasteiger partial charge in [-0.05, 0) is 72.4 Å². The number of fused-ring (bicyclic) bond motifs is 4. The zero-order chi connectivity index (χ0) is 34.9. The SMILES string of the molecule is COc1ccc(C23C(=O)N(Nc4ccc(Cl)cc4Cl)C(=O)C2CC2C(=CCC4C(=O)N(C)C(=O)C42)C3c2cc(OC)c(O)c(OC)c2)cc1. The summed E-state index contributed by atoms with van der Waals surface area (Å²) in [4.78, 5) is 58.2. The summed E-state index contributed by atoms with van der Waals surface area (Å²) in [5.74, 6) is -4.89. The fourth-order valence-corrected chi connectivity index (χ4v) is 8.91. The van der Waals surface area contributed by atoms with Gasteiger partial charge < -0.3 is 19.3 Å². The molecule has 2 saturated heterocycles. The maximum Gasteiger partial charge on any atom is 0.260 e. The lowest BCUT2D eigenvalue weighted by Crippen LogP contribution is -2.53. The highest BCUT2D eigenvalue weighted by Crippen LogP contribution is 2.64. The number of halogens is 2. The number of hydrazine groups is 1. The number of hydrogen-bond donors (Lipinski definition) is 2. The molecule has 0 bridgehead atoms. The van der Waals surface area contributed by atoms with E-state index in [4.69, 9.17) is 37.4 Å². The number of phenolic OH excluding ortho intramolecular Hbond substituents is 1. The number of amides is 4. The van der Waals surface area contributed by atoms with E-state index >= 15 is 4.79 Å². The van der Waals surface area contributed by atoms with Gasteiger partial charge in [0, 0.05) is 18.0 Å². The number of allylic oxidation sites excluding steroid dienone is 2. The average molecular weight is 707 g/mol. The van der Waals surface area contributed by atoms with Crippen LogP contribution in [0.25, 0.3) is 0 Å². The van der Waals surface area contributed by atoms with Crippen LogP contribution in [0.15, 0.2) is 66.2 Å². The predicted molar refractivity (Wildman–Crippen MR) is 180 cm³/mol. The Hall–Kier alpha value is -4.74. The summed E-state index contributed by atoms with van der Waals surface area (Å²) < 4.78 is 16.5. The van der Waals surface area contributed by atoms with E-state index in [1.54, 1.807) is 48.5 Å². The third-order valence-corrected chi connectivity index (χ3v) is 11.2. The van der Waals surface area contributed by atoms with Gasteiger partial charge in [-0.1, -0.05) is 47.0 Å². The molecule has 2 aliphatic heterocycles. The first-order chi connectivity index (χ1) is 23.5. The molecule has 254 valence electrons. The Labute approximate surface area is 292 Å². The van der Waals surface area contributed by atoms with Crippen molar-refractivity contribution in [2.24, 2.45) is 23.7 Å². The van der Waals surface area contributed by atoms with Gasteiger partial charge in [-0.2, -0.15) is 5.01 Å². The Morgan fingerprint density at radius 1 is 0.857 bits per heavy atom. The Bertz CT molecular complexity index is 1920. The molecule has 0 radical (unpaired) electrons. The van der Waals surface area contributed by atoms with Crippen molar-refractivity contribution in [2.75, 3.05) is 33.8 Å². The number of rotatable bonds is 7. The quantitative estimate of drug-likeness (QED) is 0.247. The van der Waals surface area contributed by atoms with E-state index in [9.17, 15) is 19.5 Å². The third kappa shape index (κ3) is 4.69. The van der Waals surface area contributed by atoms with Crippen LogP contribution in [0.5, 0.6) is 23.0 Å².